The van der Waals surface area contributed by atoms with E-state index in [9.17, 15) is 28.8 Å². The molecule has 0 aliphatic rings. The minimum absolute atomic E-state index is 0.178. The van der Waals surface area contributed by atoms with Crippen LogP contribution in [0.1, 0.15) is 72.4 Å². The van der Waals surface area contributed by atoms with Crippen molar-refractivity contribution in [2.24, 2.45) is 0 Å². The number of carbonyl (C=O) groups is 6. The van der Waals surface area contributed by atoms with Crippen LogP contribution < -0.4 is 31.9 Å². The van der Waals surface area contributed by atoms with E-state index in [2.05, 4.69) is 56.8 Å². The maximum absolute atomic E-state index is 13.1. The Morgan fingerprint density at radius 1 is 0.542 bits per heavy atom. The monoisotopic (exact) mass is 877 g/mol. The van der Waals surface area contributed by atoms with Gasteiger partial charge in [-0.3, -0.25) is 50.0 Å². The Balaban J connectivity index is 0.981. The fourth-order valence-corrected chi connectivity index (χ4v) is 8.03. The second-order valence-corrected chi connectivity index (χ2v) is 17.4. The highest BCUT2D eigenvalue weighted by Gasteiger charge is 2.20. The van der Waals surface area contributed by atoms with E-state index in [1.807, 2.05) is 38.0 Å². The number of carbonyl (C=O) groups excluding carboxylic acids is 6. The summed E-state index contributed by atoms with van der Waals surface area (Å²) in [6.45, 7) is 2.71. The SMILES string of the molecule is CN(C)CCCNC(=O)c1cnc(NC(=O)c2cnc(NC(=O)c3ccc4[nH]c(C(=O)Nc5ncc(C(=O)Nc6ncc(C(=O)NCCCN(C)C)s6)s5)cc4c3)s2)s1. The minimum atomic E-state index is -0.517. The average Bonchev–Trinajstić information content (AvgIpc) is 4.05. The van der Waals surface area contributed by atoms with Crippen molar-refractivity contribution in [1.82, 2.24) is 45.4 Å². The highest BCUT2D eigenvalue weighted by molar-refractivity contribution is 7.19. The summed E-state index contributed by atoms with van der Waals surface area (Å²) < 4.78 is 0. The lowest BCUT2D eigenvalue weighted by molar-refractivity contribution is 0.0948. The second-order valence-electron chi connectivity index (χ2n) is 13.2. The van der Waals surface area contributed by atoms with Crippen molar-refractivity contribution in [3.8, 4) is 0 Å². The number of rotatable bonds is 18. The Labute approximate surface area is 353 Å². The van der Waals surface area contributed by atoms with Gasteiger partial charge in [-0.15, -0.1) is 0 Å². The molecule has 5 aromatic heterocycles. The molecule has 0 aliphatic carbocycles. The molecule has 19 nitrogen and oxygen atoms in total. The molecule has 0 fully saturated rings. The first kappa shape index (κ1) is 42.6. The number of thiazole rings is 4. The quantitative estimate of drug-likeness (QED) is 0.0596. The predicted octanol–water partition coefficient (Wildman–Crippen LogP) is 4.37. The lowest BCUT2D eigenvalue weighted by atomic mass is 10.1. The van der Waals surface area contributed by atoms with Gasteiger partial charge in [-0.1, -0.05) is 45.3 Å². The molecule has 0 atom stereocenters. The fraction of sp³-hybridized carbons (Fsp3) is 0.278. The summed E-state index contributed by atoms with van der Waals surface area (Å²) in [5, 5.41) is 17.8. The highest BCUT2D eigenvalue weighted by Crippen LogP contribution is 2.26. The highest BCUT2D eigenvalue weighted by atomic mass is 32.1. The van der Waals surface area contributed by atoms with E-state index in [1.54, 1.807) is 24.3 Å². The molecule has 0 saturated heterocycles. The molecule has 0 unspecified atom stereocenters. The standard InChI is InChI=1S/C36H39N13O6S4/c1-48(2)11-5-9-37-29(52)23-15-39-35(56-23)46-31(54)25-17-41-33(58-25)44-27(50)19-7-8-21-20(13-19)14-22(43-21)28(51)45-34-42-18-26(59-34)32(55)47-36-40-16-24(57-36)30(53)38-10-6-12-49(3)4/h7-8,13-18,43H,5-6,9-12H2,1-4H3,(H,37,52)(H,38,53)(H,39,46,54)(H,40,47,55)(H,41,44,50)(H,42,45,51). The number of aromatic nitrogens is 5. The molecule has 5 heterocycles. The number of benzene rings is 1. The molecule has 6 aromatic rings. The lowest BCUT2D eigenvalue weighted by Crippen LogP contribution is -2.26. The number of hydrogen-bond acceptors (Lipinski definition) is 16. The van der Waals surface area contributed by atoms with Gasteiger partial charge in [-0.05, 0) is 78.4 Å². The number of hydrogen-bond donors (Lipinski definition) is 7. The van der Waals surface area contributed by atoms with Crippen LogP contribution in [0.25, 0.3) is 10.9 Å². The number of nitrogens with zero attached hydrogens (tertiary/aromatic N) is 6. The van der Waals surface area contributed by atoms with E-state index >= 15 is 0 Å². The van der Waals surface area contributed by atoms with E-state index < -0.39 is 23.6 Å². The van der Waals surface area contributed by atoms with Gasteiger partial charge in [-0.25, -0.2) is 19.9 Å². The maximum atomic E-state index is 13.1. The van der Waals surface area contributed by atoms with Crippen molar-refractivity contribution in [3.63, 3.8) is 0 Å². The average molecular weight is 878 g/mol. The summed E-state index contributed by atoms with van der Waals surface area (Å²) in [5.74, 6) is -2.53. The number of amides is 6. The molecular formula is C36H39N13O6S4. The van der Waals surface area contributed by atoms with Gasteiger partial charge in [0, 0.05) is 29.6 Å². The smallest absolute Gasteiger partial charge is 0.273 e. The zero-order chi connectivity index (χ0) is 42.1. The summed E-state index contributed by atoms with van der Waals surface area (Å²) in [6, 6.07) is 6.40. The zero-order valence-corrected chi connectivity index (χ0v) is 35.4. The van der Waals surface area contributed by atoms with E-state index in [4.69, 9.17) is 0 Å². The van der Waals surface area contributed by atoms with Gasteiger partial charge in [0.25, 0.3) is 35.4 Å². The molecular weight excluding hydrogens is 839 g/mol. The van der Waals surface area contributed by atoms with Crippen LogP contribution in [0.5, 0.6) is 0 Å². The van der Waals surface area contributed by atoms with Crippen LogP contribution in [0, 0.1) is 0 Å². The van der Waals surface area contributed by atoms with Gasteiger partial charge in [0.2, 0.25) is 0 Å². The van der Waals surface area contributed by atoms with Crippen molar-refractivity contribution in [1.29, 1.82) is 0 Å². The van der Waals surface area contributed by atoms with Crippen molar-refractivity contribution in [2.45, 2.75) is 12.8 Å². The van der Waals surface area contributed by atoms with E-state index in [-0.39, 0.29) is 53.4 Å². The summed E-state index contributed by atoms with van der Waals surface area (Å²) in [7, 11) is 7.83. The van der Waals surface area contributed by atoms with Gasteiger partial charge in [0.05, 0.1) is 24.8 Å². The van der Waals surface area contributed by atoms with Gasteiger partial charge in [-0.2, -0.15) is 0 Å². The van der Waals surface area contributed by atoms with Gasteiger partial charge in [0.15, 0.2) is 20.5 Å². The van der Waals surface area contributed by atoms with E-state index in [0.717, 1.165) is 71.3 Å². The van der Waals surface area contributed by atoms with Crippen LogP contribution in [0.15, 0.2) is 49.1 Å². The topological polar surface area (TPSA) is 248 Å². The van der Waals surface area contributed by atoms with Gasteiger partial charge >= 0.3 is 0 Å². The molecule has 0 aliphatic heterocycles. The molecule has 1 aromatic carbocycles. The molecule has 0 bridgehead atoms. The Hall–Kier alpha value is -5.98. The fourth-order valence-electron chi connectivity index (χ4n) is 5.16. The first-order valence-electron chi connectivity index (χ1n) is 17.9. The van der Waals surface area contributed by atoms with Crippen molar-refractivity contribution in [3.05, 3.63) is 79.8 Å². The molecule has 23 heteroatoms. The summed E-state index contributed by atoms with van der Waals surface area (Å²) in [5.41, 5.74) is 1.07. The number of fused-ring (bicyclic) bond motifs is 1. The van der Waals surface area contributed by atoms with Crippen LogP contribution in [-0.4, -0.2) is 125 Å². The summed E-state index contributed by atoms with van der Waals surface area (Å²) in [6.07, 6.45) is 7.04. The second kappa shape index (κ2) is 19.6. The van der Waals surface area contributed by atoms with Gasteiger partial charge < -0.3 is 25.4 Å². The number of anilines is 4. The molecule has 308 valence electrons. The first-order valence-corrected chi connectivity index (χ1v) is 21.1. The largest absolute Gasteiger partial charge is 0.351 e. The summed E-state index contributed by atoms with van der Waals surface area (Å²) in [4.78, 5) is 102. The van der Waals surface area contributed by atoms with Gasteiger partial charge in [0.1, 0.15) is 25.2 Å². The lowest BCUT2D eigenvalue weighted by Gasteiger charge is -2.09. The normalized spacial score (nSPS) is 11.2. The van der Waals surface area contributed by atoms with Crippen LogP contribution in [0.3, 0.4) is 0 Å². The predicted molar refractivity (Wildman–Crippen MR) is 230 cm³/mol. The zero-order valence-electron chi connectivity index (χ0n) is 32.1. The summed E-state index contributed by atoms with van der Waals surface area (Å²) >= 11 is 4.01. The Bertz CT molecular complexity index is 2350. The third kappa shape index (κ3) is 11.8. The Morgan fingerprint density at radius 3 is 1.39 bits per heavy atom. The van der Waals surface area contributed by atoms with Crippen molar-refractivity contribution in [2.75, 3.05) is 75.6 Å². The van der Waals surface area contributed by atoms with Crippen LogP contribution in [0.2, 0.25) is 0 Å². The molecule has 0 spiro atoms. The van der Waals surface area contributed by atoms with Crippen molar-refractivity contribution < 1.29 is 28.8 Å². The molecule has 7 N–H and O–H groups in total. The van der Waals surface area contributed by atoms with Crippen LogP contribution in [0.4, 0.5) is 20.5 Å². The number of H-pyrrole nitrogens is 1. The molecule has 0 radical (unpaired) electrons. The molecule has 59 heavy (non-hydrogen) atoms. The third-order valence-electron chi connectivity index (χ3n) is 8.06. The number of aromatic amines is 1. The first-order chi connectivity index (χ1) is 28.3. The number of nitrogens with one attached hydrogen (secondary N) is 7. The Kier molecular flexibility index (Phi) is 14.2. The molecule has 0 saturated carbocycles. The minimum Gasteiger partial charge on any atom is -0.351 e. The van der Waals surface area contributed by atoms with Crippen LogP contribution >= 0.6 is 45.3 Å². The van der Waals surface area contributed by atoms with E-state index in [0.29, 0.717) is 33.7 Å². The Morgan fingerprint density at radius 2 is 0.949 bits per heavy atom. The molecule has 6 amide bonds. The molecule has 6 rings (SSSR count). The third-order valence-corrected chi connectivity index (χ3v) is 11.7. The van der Waals surface area contributed by atoms with Crippen LogP contribution in [-0.2, 0) is 0 Å². The maximum Gasteiger partial charge on any atom is 0.273 e. The van der Waals surface area contributed by atoms with E-state index in [1.165, 1.54) is 24.8 Å². The van der Waals surface area contributed by atoms with Crippen molar-refractivity contribution >= 4 is 112 Å².